The van der Waals surface area contributed by atoms with Crippen LogP contribution in [0.3, 0.4) is 0 Å². The van der Waals surface area contributed by atoms with Crippen molar-refractivity contribution in [3.05, 3.63) is 18.0 Å². The van der Waals surface area contributed by atoms with Gasteiger partial charge in [0.25, 0.3) is 0 Å². The van der Waals surface area contributed by atoms with Crippen molar-refractivity contribution >= 4 is 0 Å². The average Bonchev–Trinajstić information content (AvgIpc) is 2.69. The van der Waals surface area contributed by atoms with Crippen molar-refractivity contribution in [2.45, 2.75) is 45.6 Å². The molecule has 1 rings (SSSR count). The van der Waals surface area contributed by atoms with Gasteiger partial charge >= 0.3 is 0 Å². The van der Waals surface area contributed by atoms with E-state index in [-0.39, 0.29) is 0 Å². The molecule has 0 radical (unpaired) electrons. The van der Waals surface area contributed by atoms with Gasteiger partial charge in [-0.25, -0.2) is 0 Å². The van der Waals surface area contributed by atoms with Crippen molar-refractivity contribution in [1.29, 1.82) is 0 Å². The number of aromatic nitrogens is 2. The van der Waals surface area contributed by atoms with Gasteiger partial charge in [-0.2, -0.15) is 5.10 Å². The Kier molecular flexibility index (Phi) is 6.07. The van der Waals surface area contributed by atoms with Gasteiger partial charge in [-0.15, -0.1) is 0 Å². The molecule has 0 bridgehead atoms. The Bertz CT molecular complexity index is 206. The highest BCUT2D eigenvalue weighted by atomic mass is 15.1. The highest BCUT2D eigenvalue weighted by Gasteiger charge is 1.92. The molecule has 1 aromatic rings. The van der Waals surface area contributed by atoms with Crippen molar-refractivity contribution in [3.63, 3.8) is 0 Å². The highest BCUT2D eigenvalue weighted by Crippen LogP contribution is 2.01. The van der Waals surface area contributed by atoms with Gasteiger partial charge < -0.3 is 5.32 Å². The van der Waals surface area contributed by atoms with Crippen molar-refractivity contribution in [2.24, 2.45) is 0 Å². The number of hydrogen-bond acceptors (Lipinski definition) is 2. The second kappa shape index (κ2) is 7.56. The summed E-state index contributed by atoms with van der Waals surface area (Å²) in [6.07, 6.45) is 8.50. The Balaban J connectivity index is 1.85. The molecule has 14 heavy (non-hydrogen) atoms. The van der Waals surface area contributed by atoms with E-state index >= 15 is 0 Å². The van der Waals surface area contributed by atoms with E-state index < -0.39 is 0 Å². The van der Waals surface area contributed by atoms with Gasteiger partial charge in [0, 0.05) is 18.4 Å². The van der Waals surface area contributed by atoms with Crippen LogP contribution in [0.5, 0.6) is 0 Å². The molecule has 3 nitrogen and oxygen atoms in total. The first-order valence-electron chi connectivity index (χ1n) is 5.62. The van der Waals surface area contributed by atoms with Gasteiger partial charge in [-0.3, -0.25) is 5.10 Å². The monoisotopic (exact) mass is 195 g/mol. The zero-order valence-electron chi connectivity index (χ0n) is 9.05. The maximum Gasteiger partial charge on any atom is 0.0490 e. The Labute approximate surface area is 86.3 Å². The van der Waals surface area contributed by atoms with Crippen molar-refractivity contribution in [3.8, 4) is 0 Å². The molecular weight excluding hydrogens is 174 g/mol. The molecule has 0 atom stereocenters. The predicted octanol–water partition coefficient (Wildman–Crippen LogP) is 2.47. The third-order valence-electron chi connectivity index (χ3n) is 2.33. The standard InChI is InChI=1S/C11H21N3/c1-2-3-4-5-6-8-12-10-11-7-9-13-14-11/h7,9,12H,2-6,8,10H2,1H3,(H,13,14). The molecule has 0 saturated heterocycles. The Morgan fingerprint density at radius 1 is 1.29 bits per heavy atom. The molecule has 0 unspecified atom stereocenters. The molecule has 0 aliphatic rings. The van der Waals surface area contributed by atoms with Crippen LogP contribution in [0.15, 0.2) is 12.3 Å². The quantitative estimate of drug-likeness (QED) is 0.626. The lowest BCUT2D eigenvalue weighted by Crippen LogP contribution is -2.14. The summed E-state index contributed by atoms with van der Waals surface area (Å²) >= 11 is 0. The van der Waals surface area contributed by atoms with Crippen molar-refractivity contribution < 1.29 is 0 Å². The lowest BCUT2D eigenvalue weighted by Gasteiger charge is -2.02. The predicted molar refractivity (Wildman–Crippen MR) is 59.1 cm³/mol. The fourth-order valence-corrected chi connectivity index (χ4v) is 1.46. The molecule has 0 aliphatic heterocycles. The average molecular weight is 195 g/mol. The largest absolute Gasteiger partial charge is 0.311 e. The molecule has 1 heterocycles. The number of hydrogen-bond donors (Lipinski definition) is 2. The van der Waals surface area contributed by atoms with Gasteiger partial charge in [0.15, 0.2) is 0 Å². The van der Waals surface area contributed by atoms with Crippen molar-refractivity contribution in [2.75, 3.05) is 6.54 Å². The molecule has 1 aromatic heterocycles. The van der Waals surface area contributed by atoms with Crippen LogP contribution in [-0.4, -0.2) is 16.7 Å². The van der Waals surface area contributed by atoms with E-state index in [4.69, 9.17) is 0 Å². The molecule has 0 spiro atoms. The van der Waals surface area contributed by atoms with Crippen LogP contribution in [0.4, 0.5) is 0 Å². The molecule has 3 heteroatoms. The van der Waals surface area contributed by atoms with Crippen LogP contribution in [0.25, 0.3) is 0 Å². The zero-order chi connectivity index (χ0) is 10.1. The second-order valence-corrected chi connectivity index (χ2v) is 3.67. The molecule has 80 valence electrons. The number of nitrogens with one attached hydrogen (secondary N) is 2. The van der Waals surface area contributed by atoms with Gasteiger partial charge in [0.1, 0.15) is 0 Å². The first-order valence-corrected chi connectivity index (χ1v) is 5.62. The normalized spacial score (nSPS) is 10.6. The third kappa shape index (κ3) is 5.02. The SMILES string of the molecule is CCCCCCCNCc1ccn[nH]1. The maximum absolute atomic E-state index is 3.90. The Morgan fingerprint density at radius 2 is 2.14 bits per heavy atom. The van der Waals surface area contributed by atoms with E-state index in [9.17, 15) is 0 Å². The van der Waals surface area contributed by atoms with E-state index in [1.54, 1.807) is 6.20 Å². The Morgan fingerprint density at radius 3 is 2.86 bits per heavy atom. The number of H-pyrrole nitrogens is 1. The molecule has 0 aromatic carbocycles. The second-order valence-electron chi connectivity index (χ2n) is 3.67. The molecule has 0 fully saturated rings. The van der Waals surface area contributed by atoms with Crippen LogP contribution in [0.1, 0.15) is 44.7 Å². The first kappa shape index (κ1) is 11.2. The summed E-state index contributed by atoms with van der Waals surface area (Å²) in [6, 6.07) is 2.00. The van der Waals surface area contributed by atoms with Crippen LogP contribution in [0, 0.1) is 0 Å². The lowest BCUT2D eigenvalue weighted by molar-refractivity contribution is 0.579. The minimum Gasteiger partial charge on any atom is -0.311 e. The number of rotatable bonds is 8. The highest BCUT2D eigenvalue weighted by molar-refractivity contribution is 4.96. The van der Waals surface area contributed by atoms with E-state index in [1.165, 1.54) is 37.8 Å². The van der Waals surface area contributed by atoms with Gasteiger partial charge in [0.05, 0.1) is 0 Å². The third-order valence-corrected chi connectivity index (χ3v) is 2.33. The molecule has 0 amide bonds. The molecule has 0 aliphatic carbocycles. The van der Waals surface area contributed by atoms with Crippen LogP contribution in [0.2, 0.25) is 0 Å². The summed E-state index contributed by atoms with van der Waals surface area (Å²) in [5.41, 5.74) is 1.17. The van der Waals surface area contributed by atoms with Crippen LogP contribution in [-0.2, 0) is 6.54 Å². The van der Waals surface area contributed by atoms with Gasteiger partial charge in [-0.1, -0.05) is 32.6 Å². The zero-order valence-corrected chi connectivity index (χ0v) is 9.05. The summed E-state index contributed by atoms with van der Waals surface area (Å²) in [7, 11) is 0. The van der Waals surface area contributed by atoms with E-state index in [2.05, 4.69) is 22.4 Å². The fourth-order valence-electron chi connectivity index (χ4n) is 1.46. The van der Waals surface area contributed by atoms with E-state index in [1.807, 2.05) is 6.07 Å². The van der Waals surface area contributed by atoms with Crippen LogP contribution < -0.4 is 5.32 Å². The Hall–Kier alpha value is -0.830. The summed E-state index contributed by atoms with van der Waals surface area (Å²) < 4.78 is 0. The first-order chi connectivity index (χ1) is 6.93. The fraction of sp³-hybridized carbons (Fsp3) is 0.727. The van der Waals surface area contributed by atoms with E-state index in [0.717, 1.165) is 13.1 Å². The number of unbranched alkanes of at least 4 members (excludes halogenated alkanes) is 4. The smallest absolute Gasteiger partial charge is 0.0490 e. The topological polar surface area (TPSA) is 40.7 Å². The summed E-state index contributed by atoms with van der Waals surface area (Å²) in [6.45, 7) is 4.27. The molecule has 0 saturated carbocycles. The minimum atomic E-state index is 0.910. The van der Waals surface area contributed by atoms with E-state index in [0.29, 0.717) is 0 Å². The number of nitrogens with zero attached hydrogens (tertiary/aromatic N) is 1. The number of aromatic amines is 1. The molecule has 2 N–H and O–H groups in total. The maximum atomic E-state index is 3.90. The summed E-state index contributed by atoms with van der Waals surface area (Å²) in [5.74, 6) is 0. The summed E-state index contributed by atoms with van der Waals surface area (Å²) in [4.78, 5) is 0. The summed E-state index contributed by atoms with van der Waals surface area (Å²) in [5, 5.41) is 10.2. The molecular formula is C11H21N3. The van der Waals surface area contributed by atoms with Crippen LogP contribution >= 0.6 is 0 Å². The minimum absolute atomic E-state index is 0.910. The van der Waals surface area contributed by atoms with Gasteiger partial charge in [0.2, 0.25) is 0 Å². The van der Waals surface area contributed by atoms with Crippen molar-refractivity contribution in [1.82, 2.24) is 15.5 Å². The lowest BCUT2D eigenvalue weighted by atomic mass is 10.1. The van der Waals surface area contributed by atoms with Gasteiger partial charge in [-0.05, 0) is 19.0 Å².